The van der Waals surface area contributed by atoms with E-state index in [9.17, 15) is 9.13 Å². The Morgan fingerprint density at radius 2 is 2.00 bits per heavy atom. The molecule has 0 radical (unpaired) electrons. The molecule has 0 amide bonds. The summed E-state index contributed by atoms with van der Waals surface area (Å²) in [4.78, 5) is 25.3. The first kappa shape index (κ1) is 12.1. The fraction of sp³-hybridized carbons (Fsp3) is 0.600. The smallest absolute Gasteiger partial charge is 0.302 e. The molecule has 7 nitrogen and oxygen atoms in total. The highest BCUT2D eigenvalue weighted by Gasteiger charge is 2.31. The predicted molar refractivity (Wildman–Crippen MR) is 48.3 cm³/mol. The van der Waals surface area contributed by atoms with Crippen molar-refractivity contribution in [2.45, 2.75) is 13.3 Å². The average Bonchev–Trinajstić information content (AvgIpc) is 1.95. The summed E-state index contributed by atoms with van der Waals surface area (Å²) in [5, 5.41) is 0. The monoisotopic (exact) mass is 247 g/mol. The first-order valence-electron chi connectivity index (χ1n) is 3.93. The lowest BCUT2D eigenvalue weighted by molar-refractivity contribution is 0.180. The van der Waals surface area contributed by atoms with E-state index >= 15 is 0 Å². The lowest BCUT2D eigenvalue weighted by Gasteiger charge is -2.11. The van der Waals surface area contributed by atoms with E-state index in [4.69, 9.17) is 16.1 Å². The van der Waals surface area contributed by atoms with E-state index in [0.717, 1.165) is 0 Å². The quantitative estimate of drug-likeness (QED) is 0.477. The van der Waals surface area contributed by atoms with Crippen molar-refractivity contribution in [1.29, 1.82) is 0 Å². The number of phosphoric acid groups is 2. The Bertz CT molecular complexity index is 323. The summed E-state index contributed by atoms with van der Waals surface area (Å²) in [5.41, 5.74) is 0.381. The first-order chi connectivity index (χ1) is 6.53. The highest BCUT2D eigenvalue weighted by atomic mass is 31.3. The summed E-state index contributed by atoms with van der Waals surface area (Å²) >= 11 is 0. The molecule has 9 heteroatoms. The van der Waals surface area contributed by atoms with Gasteiger partial charge in [0.25, 0.3) is 0 Å². The Balaban J connectivity index is 4.23. The maximum atomic E-state index is 10.9. The molecule has 3 N–H and O–H groups in total. The Hall–Kier alpha value is 0.0000000000000000555. The molecule has 0 fully saturated rings. The summed E-state index contributed by atoms with van der Waals surface area (Å²) < 4.78 is 36.0. The highest BCUT2D eigenvalue weighted by molar-refractivity contribution is 7.60. The van der Waals surface area contributed by atoms with Gasteiger partial charge in [-0.2, -0.15) is 4.31 Å². The van der Waals surface area contributed by atoms with Gasteiger partial charge in [-0.05, 0) is 13.3 Å². The lowest BCUT2D eigenvalue weighted by Crippen LogP contribution is -1.96. The van der Waals surface area contributed by atoms with Crippen LogP contribution < -0.4 is 0 Å². The van der Waals surface area contributed by atoms with Crippen molar-refractivity contribution < 1.29 is 34.0 Å². The number of hydrogen-bond acceptors (Lipinski definition) is 4. The molecule has 0 saturated heterocycles. The second-order valence-electron chi connectivity index (χ2n) is 2.39. The van der Waals surface area contributed by atoms with Crippen LogP contribution in [0.25, 0.3) is 0 Å². The minimum atomic E-state index is -5.09. The molecule has 0 aromatic carbocycles. The Labute approximate surface area is 82.6 Å². The first-order valence-corrected chi connectivity index (χ1v) is 6.38. The van der Waals surface area contributed by atoms with Crippen LogP contribution in [0, 0.1) is 0 Å². The van der Waals surface area contributed by atoms with E-state index in [2.05, 4.69) is 15.4 Å². The van der Waals surface area contributed by atoms with Crippen LogP contribution in [-0.2, 0) is 18.0 Å². The third-order valence-corrected chi connectivity index (χ3v) is 3.03. The van der Waals surface area contributed by atoms with Gasteiger partial charge in [-0.25, -0.2) is 9.13 Å². The minimum absolute atomic E-state index is 0.381. The van der Waals surface area contributed by atoms with Crippen molar-refractivity contribution in [2.75, 3.05) is 6.61 Å². The Kier molecular flexibility index (Phi) is 4.47. The molecule has 0 spiro atoms. The summed E-state index contributed by atoms with van der Waals surface area (Å²) in [7, 11) is -9.92. The van der Waals surface area contributed by atoms with E-state index < -0.39 is 28.6 Å². The van der Waals surface area contributed by atoms with E-state index in [0.29, 0.717) is 5.57 Å². The van der Waals surface area contributed by atoms with Gasteiger partial charge < -0.3 is 14.7 Å². The van der Waals surface area contributed by atoms with E-state index in [-0.39, 0.29) is 0 Å². The summed E-state index contributed by atoms with van der Waals surface area (Å²) in [6.07, 6.45) is -0.967. The molecule has 0 aliphatic carbocycles. The van der Waals surface area contributed by atoms with E-state index in [1.807, 2.05) is 0 Å². The average molecular weight is 247 g/mol. The van der Waals surface area contributed by atoms with Crippen LogP contribution in [0.15, 0.2) is 12.2 Å². The van der Waals surface area contributed by atoms with Crippen molar-refractivity contribution >= 4 is 15.6 Å². The highest BCUT2D eigenvalue weighted by Crippen LogP contribution is 2.57. The number of rotatable bonds is 6. The molecule has 0 aromatic heterocycles. The molecule has 2 atom stereocenters. The van der Waals surface area contributed by atoms with Gasteiger partial charge in [0.2, 0.25) is 0 Å². The molecular weight excluding hydrogens is 234 g/mol. The minimum Gasteiger partial charge on any atom is -0.302 e. The summed E-state index contributed by atoms with van der Waals surface area (Å²) in [6.45, 7) is 4.37. The molecule has 0 aromatic rings. The normalized spacial score (nSPS) is 19.6. The van der Waals surface area contributed by atoms with Crippen LogP contribution in [0.1, 0.15) is 14.7 Å². The van der Waals surface area contributed by atoms with Gasteiger partial charge in [-0.3, -0.25) is 4.52 Å². The van der Waals surface area contributed by atoms with E-state index in [1.165, 1.54) is 6.92 Å². The standard InChI is InChI=1S/C5H12O7P2/c1-5(2)3-4-11-14(9,10)12-13(6,7)8/h1,3-4H2,2H3,(H,9,10)(H2,6,7,8)/i3D/t3-/m0/s1. The van der Waals surface area contributed by atoms with Gasteiger partial charge in [-0.1, -0.05) is 5.57 Å². The zero-order chi connectivity index (χ0) is 12.3. The van der Waals surface area contributed by atoms with Crippen LogP contribution in [0.2, 0.25) is 0 Å². The second-order valence-corrected chi connectivity index (χ2v) is 5.22. The second kappa shape index (κ2) is 5.19. The van der Waals surface area contributed by atoms with Crippen LogP contribution in [0.5, 0.6) is 0 Å². The number of hydrogen-bond donors (Lipinski definition) is 3. The SMILES string of the molecule is [2H][C@@H](COP(=O)(O)OP(=O)(O)O)C(=C)C. The van der Waals surface area contributed by atoms with Crippen molar-refractivity contribution in [1.82, 2.24) is 0 Å². The molecule has 0 saturated carbocycles. The lowest BCUT2D eigenvalue weighted by atomic mass is 10.3. The molecule has 0 aliphatic heterocycles. The molecule has 84 valence electrons. The van der Waals surface area contributed by atoms with Crippen molar-refractivity contribution in [3.05, 3.63) is 12.2 Å². The third kappa shape index (κ3) is 8.59. The largest absolute Gasteiger partial charge is 0.481 e. The zero-order valence-electron chi connectivity index (χ0n) is 8.36. The summed E-state index contributed by atoms with van der Waals surface area (Å²) in [6, 6.07) is 0. The van der Waals surface area contributed by atoms with Crippen LogP contribution in [-0.4, -0.2) is 21.3 Å². The van der Waals surface area contributed by atoms with Gasteiger partial charge in [0.15, 0.2) is 0 Å². The van der Waals surface area contributed by atoms with Crippen molar-refractivity contribution in [3.63, 3.8) is 0 Å². The Morgan fingerprint density at radius 3 is 2.36 bits per heavy atom. The molecule has 14 heavy (non-hydrogen) atoms. The maximum absolute atomic E-state index is 10.9. The van der Waals surface area contributed by atoms with Gasteiger partial charge in [0.05, 0.1) is 6.61 Å². The molecular formula is C5H12O7P2. The number of phosphoric ester groups is 1. The zero-order valence-corrected chi connectivity index (χ0v) is 9.15. The molecule has 0 bridgehead atoms. The topological polar surface area (TPSA) is 113 Å². The summed E-state index contributed by atoms with van der Waals surface area (Å²) in [5.74, 6) is 0. The van der Waals surface area contributed by atoms with Crippen LogP contribution in [0.4, 0.5) is 0 Å². The fourth-order valence-corrected chi connectivity index (χ4v) is 1.96. The molecule has 0 heterocycles. The Morgan fingerprint density at radius 1 is 1.50 bits per heavy atom. The maximum Gasteiger partial charge on any atom is 0.481 e. The molecule has 1 unspecified atom stereocenters. The van der Waals surface area contributed by atoms with Gasteiger partial charge in [0.1, 0.15) is 0 Å². The van der Waals surface area contributed by atoms with Gasteiger partial charge in [0, 0.05) is 1.37 Å². The van der Waals surface area contributed by atoms with Crippen LogP contribution in [0.3, 0.4) is 0 Å². The van der Waals surface area contributed by atoms with Crippen molar-refractivity contribution in [2.24, 2.45) is 0 Å². The van der Waals surface area contributed by atoms with E-state index in [1.54, 1.807) is 0 Å². The third-order valence-electron chi connectivity index (χ3n) is 0.879. The van der Waals surface area contributed by atoms with Gasteiger partial charge in [-0.15, -0.1) is 6.58 Å². The van der Waals surface area contributed by atoms with Gasteiger partial charge >= 0.3 is 15.6 Å². The van der Waals surface area contributed by atoms with Crippen LogP contribution >= 0.6 is 15.6 Å². The fourth-order valence-electron chi connectivity index (χ4n) is 0.432. The molecule has 0 aliphatic rings. The molecule has 0 rings (SSSR count). The van der Waals surface area contributed by atoms with Crippen molar-refractivity contribution in [3.8, 4) is 0 Å². The predicted octanol–water partition coefficient (Wildman–Crippen LogP) is 1.18.